The van der Waals surface area contributed by atoms with Gasteiger partial charge in [0, 0.05) is 6.20 Å². The minimum absolute atomic E-state index is 0.0223. The molecule has 0 bridgehead atoms. The summed E-state index contributed by atoms with van der Waals surface area (Å²) < 4.78 is 41.0. The first-order chi connectivity index (χ1) is 22.8. The Morgan fingerprint density at radius 1 is 0.854 bits per heavy atom. The lowest BCUT2D eigenvalue weighted by molar-refractivity contribution is 0.503. The van der Waals surface area contributed by atoms with E-state index >= 15 is 8.78 Å². The molecule has 6 aromatic rings. The van der Waals surface area contributed by atoms with Crippen LogP contribution < -0.4 is 20.5 Å². The molecule has 6 nitrogen and oxygen atoms in total. The number of hydrogen-bond acceptors (Lipinski definition) is 5. The topological polar surface area (TPSA) is 69.9 Å². The van der Waals surface area contributed by atoms with E-state index in [0.717, 1.165) is 22.0 Å². The van der Waals surface area contributed by atoms with Crippen LogP contribution in [-0.4, -0.2) is 27.8 Å². The third kappa shape index (κ3) is 5.60. The van der Waals surface area contributed by atoms with Crippen molar-refractivity contribution in [3.63, 3.8) is 0 Å². The molecule has 3 heterocycles. The maximum absolute atomic E-state index is 16.3. The van der Waals surface area contributed by atoms with Crippen LogP contribution in [0.15, 0.2) is 102 Å². The summed E-state index contributed by atoms with van der Waals surface area (Å²) >= 11 is 6.43. The molecule has 0 saturated carbocycles. The Hall–Kier alpha value is -4.73. The standard InChI is InChI=1S/C38H35ClF2N4O2Si/c1-23(2)32-34(24(3)20-21-42-32)45-36-27(35(39)44-37(45)46)22-29(41)33(43-36)31-28(40)18-13-19-30(31)47-48(38(4,5)6,25-14-9-7-10-15-25)26-16-11-8-12-17-26/h7-23H,1-6H3. The van der Waals surface area contributed by atoms with Crippen molar-refractivity contribution in [1.82, 2.24) is 19.5 Å². The van der Waals surface area contributed by atoms with Gasteiger partial charge in [0.2, 0.25) is 0 Å². The number of benzene rings is 3. The smallest absolute Gasteiger partial charge is 0.355 e. The molecule has 48 heavy (non-hydrogen) atoms. The van der Waals surface area contributed by atoms with Gasteiger partial charge in [-0.05, 0) is 58.1 Å². The van der Waals surface area contributed by atoms with Gasteiger partial charge in [-0.3, -0.25) is 4.98 Å². The molecule has 0 amide bonds. The highest BCUT2D eigenvalue weighted by Crippen LogP contribution is 2.42. The molecule has 0 spiro atoms. The average Bonchev–Trinajstić information content (AvgIpc) is 3.05. The molecule has 0 aliphatic carbocycles. The molecule has 3 aromatic heterocycles. The zero-order valence-corrected chi connectivity index (χ0v) is 29.3. The number of pyridine rings is 2. The molecule has 244 valence electrons. The van der Waals surface area contributed by atoms with Crippen LogP contribution in [0.2, 0.25) is 10.2 Å². The molecule has 0 unspecified atom stereocenters. The monoisotopic (exact) mass is 680 g/mol. The Bertz CT molecular complexity index is 2160. The second-order valence-corrected chi connectivity index (χ2v) is 17.7. The Labute approximate surface area is 284 Å². The van der Waals surface area contributed by atoms with Crippen molar-refractivity contribution in [1.29, 1.82) is 0 Å². The molecule has 6 rings (SSSR count). The lowest BCUT2D eigenvalue weighted by atomic mass is 10.0. The average molecular weight is 681 g/mol. The number of halogens is 3. The van der Waals surface area contributed by atoms with Gasteiger partial charge in [-0.25, -0.2) is 23.1 Å². The van der Waals surface area contributed by atoms with Crippen LogP contribution in [0.3, 0.4) is 0 Å². The molecular weight excluding hydrogens is 646 g/mol. The van der Waals surface area contributed by atoms with E-state index in [-0.39, 0.29) is 39.1 Å². The van der Waals surface area contributed by atoms with Gasteiger partial charge in [-0.1, -0.05) is 113 Å². The minimum Gasteiger partial charge on any atom is -0.533 e. The first-order valence-corrected chi connectivity index (χ1v) is 18.0. The number of nitrogens with zero attached hydrogens (tertiary/aromatic N) is 4. The Kier molecular flexibility index (Phi) is 8.78. The lowest BCUT2D eigenvalue weighted by Gasteiger charge is -2.43. The summed E-state index contributed by atoms with van der Waals surface area (Å²) in [4.78, 5) is 26.8. The van der Waals surface area contributed by atoms with Gasteiger partial charge >= 0.3 is 14.0 Å². The molecule has 0 atom stereocenters. The summed E-state index contributed by atoms with van der Waals surface area (Å²) in [5.74, 6) is -1.52. The minimum atomic E-state index is -3.27. The van der Waals surface area contributed by atoms with Gasteiger partial charge in [0.15, 0.2) is 11.5 Å². The van der Waals surface area contributed by atoms with Crippen LogP contribution in [0.5, 0.6) is 5.75 Å². The number of fused-ring (bicyclic) bond motifs is 1. The van der Waals surface area contributed by atoms with Crippen LogP contribution in [0.25, 0.3) is 28.0 Å². The van der Waals surface area contributed by atoms with E-state index < -0.39 is 30.7 Å². The van der Waals surface area contributed by atoms with Gasteiger partial charge in [0.05, 0.1) is 22.3 Å². The number of rotatable bonds is 7. The van der Waals surface area contributed by atoms with Crippen molar-refractivity contribution in [3.05, 3.63) is 136 Å². The molecule has 3 aromatic carbocycles. The van der Waals surface area contributed by atoms with E-state index in [4.69, 9.17) is 16.0 Å². The highest BCUT2D eigenvalue weighted by Gasteiger charge is 2.52. The summed E-state index contributed by atoms with van der Waals surface area (Å²) in [5.41, 5.74) is 0.642. The number of hydrogen-bond donors (Lipinski definition) is 0. The quantitative estimate of drug-likeness (QED) is 0.126. The van der Waals surface area contributed by atoms with E-state index in [1.54, 1.807) is 18.3 Å². The SMILES string of the molecule is Cc1ccnc(C(C)C)c1-n1c(=O)nc(Cl)c2cc(F)c(-c3c(F)cccc3O[Si](c3ccccc3)(c3ccccc3)C(C)(C)C)nc21. The van der Waals surface area contributed by atoms with E-state index in [9.17, 15) is 4.79 Å². The van der Waals surface area contributed by atoms with Crippen molar-refractivity contribution in [3.8, 4) is 22.7 Å². The normalized spacial score (nSPS) is 12.1. The van der Waals surface area contributed by atoms with Crippen LogP contribution in [0.4, 0.5) is 8.78 Å². The van der Waals surface area contributed by atoms with Crippen molar-refractivity contribution >= 4 is 41.3 Å². The van der Waals surface area contributed by atoms with Crippen molar-refractivity contribution < 1.29 is 13.2 Å². The van der Waals surface area contributed by atoms with Crippen LogP contribution >= 0.6 is 11.6 Å². The van der Waals surface area contributed by atoms with Crippen molar-refractivity contribution in [2.24, 2.45) is 0 Å². The Morgan fingerprint density at radius 2 is 1.48 bits per heavy atom. The fourth-order valence-electron chi connectivity index (χ4n) is 6.38. The highest BCUT2D eigenvalue weighted by molar-refractivity contribution is 7.00. The lowest BCUT2D eigenvalue weighted by Crippen LogP contribution is -2.68. The summed E-state index contributed by atoms with van der Waals surface area (Å²) in [6.45, 7) is 12.0. The predicted octanol–water partition coefficient (Wildman–Crippen LogP) is 8.14. The van der Waals surface area contributed by atoms with Crippen LogP contribution in [-0.2, 0) is 0 Å². The maximum Gasteiger partial charge on any atom is 0.355 e. The van der Waals surface area contributed by atoms with Gasteiger partial charge in [-0.15, -0.1) is 0 Å². The summed E-state index contributed by atoms with van der Waals surface area (Å²) in [6.07, 6.45) is 1.66. The van der Waals surface area contributed by atoms with Crippen LogP contribution in [0.1, 0.15) is 51.8 Å². The zero-order chi connectivity index (χ0) is 34.4. The second kappa shape index (κ2) is 12.7. The fraction of sp³-hybridized carbons (Fsp3) is 0.211. The molecular formula is C38H35ClF2N4O2Si. The molecule has 0 saturated heterocycles. The van der Waals surface area contributed by atoms with E-state index in [0.29, 0.717) is 11.4 Å². The van der Waals surface area contributed by atoms with Crippen molar-refractivity contribution in [2.45, 2.75) is 52.5 Å². The van der Waals surface area contributed by atoms with E-state index in [2.05, 4.69) is 35.7 Å². The van der Waals surface area contributed by atoms with Gasteiger partial charge in [0.1, 0.15) is 22.4 Å². The van der Waals surface area contributed by atoms with Crippen LogP contribution in [0, 0.1) is 18.6 Å². The van der Waals surface area contributed by atoms with Gasteiger partial charge in [-0.2, -0.15) is 4.98 Å². The Morgan fingerprint density at radius 3 is 2.06 bits per heavy atom. The number of aromatic nitrogens is 4. The fourth-order valence-corrected chi connectivity index (χ4v) is 11.0. The zero-order valence-electron chi connectivity index (χ0n) is 27.6. The molecule has 0 N–H and O–H groups in total. The van der Waals surface area contributed by atoms with Crippen molar-refractivity contribution in [2.75, 3.05) is 0 Å². The highest BCUT2D eigenvalue weighted by atomic mass is 35.5. The molecule has 0 fully saturated rings. The van der Waals surface area contributed by atoms with Gasteiger partial charge < -0.3 is 4.43 Å². The third-order valence-corrected chi connectivity index (χ3v) is 13.8. The second-order valence-electron chi connectivity index (χ2n) is 13.1. The third-order valence-electron chi connectivity index (χ3n) is 8.59. The predicted molar refractivity (Wildman–Crippen MR) is 190 cm³/mol. The number of aryl methyl sites for hydroxylation is 1. The first-order valence-electron chi connectivity index (χ1n) is 15.7. The first kappa shape index (κ1) is 33.2. The molecule has 0 radical (unpaired) electrons. The summed E-state index contributed by atoms with van der Waals surface area (Å²) in [5, 5.41) is 1.35. The summed E-state index contributed by atoms with van der Waals surface area (Å²) in [6, 6.07) is 27.1. The maximum atomic E-state index is 16.3. The largest absolute Gasteiger partial charge is 0.533 e. The molecule has 0 aliphatic heterocycles. The summed E-state index contributed by atoms with van der Waals surface area (Å²) in [7, 11) is -3.27. The van der Waals surface area contributed by atoms with E-state index in [1.807, 2.05) is 81.4 Å². The molecule has 0 aliphatic rings. The Balaban J connectivity index is 1.67. The van der Waals surface area contributed by atoms with E-state index in [1.165, 1.54) is 16.7 Å². The van der Waals surface area contributed by atoms with Gasteiger partial charge in [0.25, 0.3) is 0 Å². The molecule has 10 heteroatoms.